The molecule has 1 fully saturated rings. The average Bonchev–Trinajstić information content (AvgIpc) is 2.65. The van der Waals surface area contributed by atoms with Crippen LogP contribution in [-0.4, -0.2) is 54.2 Å². The van der Waals surface area contributed by atoms with Gasteiger partial charge >= 0.3 is 0 Å². The summed E-state index contributed by atoms with van der Waals surface area (Å²) in [4.78, 5) is 17.8. The maximum atomic E-state index is 12.1. The monoisotopic (exact) mass is 370 g/mol. The van der Waals surface area contributed by atoms with Crippen molar-refractivity contribution in [1.82, 2.24) is 9.80 Å². The molecule has 0 aromatic heterocycles. The number of carbonyl (C=O) groups is 1. The van der Waals surface area contributed by atoms with Gasteiger partial charge in [0.1, 0.15) is 0 Å². The first-order valence-electron chi connectivity index (χ1n) is 7.57. The van der Waals surface area contributed by atoms with E-state index < -0.39 is 0 Å². The molecular weight excluding hydrogens is 348 g/mol. The smallest absolute Gasteiger partial charge is 0.223 e. The lowest BCUT2D eigenvalue weighted by Crippen LogP contribution is -2.35. The molecule has 0 unspecified atom stereocenters. The standard InChI is InChI=1S/C16H23BrN2OS/c1-2-8-18-9-7-16(20)19(11-10-18)12-13-21-15-5-3-14(17)4-6-15/h3-6H,2,7-13H2,1H3. The minimum atomic E-state index is 0.310. The van der Waals surface area contributed by atoms with Crippen molar-refractivity contribution in [2.45, 2.75) is 24.7 Å². The molecule has 1 heterocycles. The fourth-order valence-corrected chi connectivity index (χ4v) is 3.63. The van der Waals surface area contributed by atoms with Crippen molar-refractivity contribution in [3.8, 4) is 0 Å². The van der Waals surface area contributed by atoms with Crippen molar-refractivity contribution >= 4 is 33.6 Å². The molecule has 21 heavy (non-hydrogen) atoms. The molecule has 2 rings (SSSR count). The van der Waals surface area contributed by atoms with Crippen LogP contribution in [0.2, 0.25) is 0 Å². The predicted molar refractivity (Wildman–Crippen MR) is 92.8 cm³/mol. The molecule has 0 N–H and O–H groups in total. The first-order valence-corrected chi connectivity index (χ1v) is 9.35. The second-order valence-corrected chi connectivity index (χ2v) is 7.36. The minimum absolute atomic E-state index is 0.310. The van der Waals surface area contributed by atoms with Crippen molar-refractivity contribution in [2.24, 2.45) is 0 Å². The topological polar surface area (TPSA) is 23.6 Å². The van der Waals surface area contributed by atoms with Gasteiger partial charge in [-0.05, 0) is 37.2 Å². The number of hydrogen-bond acceptors (Lipinski definition) is 3. The van der Waals surface area contributed by atoms with Crippen LogP contribution in [0.25, 0.3) is 0 Å². The molecule has 0 bridgehead atoms. The third-order valence-corrected chi connectivity index (χ3v) is 5.19. The fourth-order valence-electron chi connectivity index (χ4n) is 2.49. The van der Waals surface area contributed by atoms with Gasteiger partial charge in [-0.3, -0.25) is 4.79 Å². The van der Waals surface area contributed by atoms with E-state index in [2.05, 4.69) is 52.0 Å². The molecule has 0 saturated carbocycles. The van der Waals surface area contributed by atoms with Gasteiger partial charge in [-0.2, -0.15) is 0 Å². The highest BCUT2D eigenvalue weighted by molar-refractivity contribution is 9.10. The van der Waals surface area contributed by atoms with Gasteiger partial charge in [-0.1, -0.05) is 22.9 Å². The fraction of sp³-hybridized carbons (Fsp3) is 0.562. The van der Waals surface area contributed by atoms with Crippen LogP contribution in [0.3, 0.4) is 0 Å². The number of carbonyl (C=O) groups excluding carboxylic acids is 1. The second kappa shape index (κ2) is 8.81. The van der Waals surface area contributed by atoms with Gasteiger partial charge in [0.05, 0.1) is 0 Å². The lowest BCUT2D eigenvalue weighted by atomic mass is 10.3. The van der Waals surface area contributed by atoms with E-state index in [1.165, 1.54) is 4.90 Å². The molecule has 1 aliphatic rings. The highest BCUT2D eigenvalue weighted by atomic mass is 79.9. The van der Waals surface area contributed by atoms with E-state index in [0.717, 1.165) is 49.4 Å². The van der Waals surface area contributed by atoms with E-state index in [9.17, 15) is 4.79 Å². The molecule has 1 saturated heterocycles. The van der Waals surface area contributed by atoms with Gasteiger partial charge in [0.2, 0.25) is 5.91 Å². The van der Waals surface area contributed by atoms with Crippen LogP contribution in [0, 0.1) is 0 Å². The molecular formula is C16H23BrN2OS. The Balaban J connectivity index is 1.76. The van der Waals surface area contributed by atoms with Crippen LogP contribution in [-0.2, 0) is 4.79 Å². The number of rotatable bonds is 6. The van der Waals surface area contributed by atoms with Crippen LogP contribution >= 0.6 is 27.7 Å². The Morgan fingerprint density at radius 2 is 1.90 bits per heavy atom. The lowest BCUT2D eigenvalue weighted by Gasteiger charge is -2.21. The molecule has 3 nitrogen and oxygen atoms in total. The summed E-state index contributed by atoms with van der Waals surface area (Å²) in [5, 5.41) is 0. The number of thioether (sulfide) groups is 1. The lowest BCUT2D eigenvalue weighted by molar-refractivity contribution is -0.130. The van der Waals surface area contributed by atoms with Crippen LogP contribution < -0.4 is 0 Å². The summed E-state index contributed by atoms with van der Waals surface area (Å²) in [6.07, 6.45) is 1.83. The van der Waals surface area contributed by atoms with E-state index in [1.807, 2.05) is 16.7 Å². The largest absolute Gasteiger partial charge is 0.341 e. The second-order valence-electron chi connectivity index (χ2n) is 5.27. The number of benzene rings is 1. The maximum absolute atomic E-state index is 12.1. The SMILES string of the molecule is CCCN1CCC(=O)N(CCSc2ccc(Br)cc2)CC1. The molecule has 1 amide bonds. The minimum Gasteiger partial charge on any atom is -0.341 e. The Morgan fingerprint density at radius 1 is 1.14 bits per heavy atom. The zero-order chi connectivity index (χ0) is 15.1. The van der Waals surface area contributed by atoms with E-state index in [4.69, 9.17) is 0 Å². The Kier molecular flexibility index (Phi) is 7.07. The summed E-state index contributed by atoms with van der Waals surface area (Å²) in [6.45, 7) is 6.96. The summed E-state index contributed by atoms with van der Waals surface area (Å²) in [5.41, 5.74) is 0. The first kappa shape index (κ1) is 16.8. The maximum Gasteiger partial charge on any atom is 0.223 e. The van der Waals surface area contributed by atoms with Gasteiger partial charge in [0.25, 0.3) is 0 Å². The van der Waals surface area contributed by atoms with Gasteiger partial charge < -0.3 is 9.80 Å². The molecule has 0 radical (unpaired) electrons. The number of amides is 1. The Bertz CT molecular complexity index is 452. The summed E-state index contributed by atoms with van der Waals surface area (Å²) in [7, 11) is 0. The summed E-state index contributed by atoms with van der Waals surface area (Å²) in [6, 6.07) is 8.34. The summed E-state index contributed by atoms with van der Waals surface area (Å²) in [5.74, 6) is 1.27. The first-order chi connectivity index (χ1) is 10.2. The third-order valence-electron chi connectivity index (χ3n) is 3.66. The molecule has 1 aromatic carbocycles. The van der Waals surface area contributed by atoms with Gasteiger partial charge in [0.15, 0.2) is 0 Å². The number of nitrogens with zero attached hydrogens (tertiary/aromatic N) is 2. The molecule has 0 atom stereocenters. The van der Waals surface area contributed by atoms with Crippen molar-refractivity contribution in [1.29, 1.82) is 0 Å². The van der Waals surface area contributed by atoms with Crippen LogP contribution in [0.15, 0.2) is 33.6 Å². The molecule has 5 heteroatoms. The Hall–Kier alpha value is -0.520. The molecule has 1 aromatic rings. The van der Waals surface area contributed by atoms with Crippen LogP contribution in [0.5, 0.6) is 0 Å². The quantitative estimate of drug-likeness (QED) is 0.716. The van der Waals surface area contributed by atoms with E-state index in [-0.39, 0.29) is 0 Å². The normalized spacial score (nSPS) is 17.0. The van der Waals surface area contributed by atoms with E-state index in [0.29, 0.717) is 12.3 Å². The van der Waals surface area contributed by atoms with Gasteiger partial charge in [-0.15, -0.1) is 11.8 Å². The molecule has 1 aliphatic heterocycles. The highest BCUT2D eigenvalue weighted by Crippen LogP contribution is 2.20. The predicted octanol–water partition coefficient (Wildman–Crippen LogP) is 3.49. The highest BCUT2D eigenvalue weighted by Gasteiger charge is 2.19. The van der Waals surface area contributed by atoms with Gasteiger partial charge in [0, 0.05) is 47.7 Å². The number of hydrogen-bond donors (Lipinski definition) is 0. The van der Waals surface area contributed by atoms with Crippen LogP contribution in [0.1, 0.15) is 19.8 Å². The average molecular weight is 371 g/mol. The van der Waals surface area contributed by atoms with Gasteiger partial charge in [-0.25, -0.2) is 0 Å². The Labute approximate surface area is 140 Å². The Morgan fingerprint density at radius 3 is 2.62 bits per heavy atom. The zero-order valence-electron chi connectivity index (χ0n) is 12.6. The van der Waals surface area contributed by atoms with E-state index in [1.54, 1.807) is 0 Å². The van der Waals surface area contributed by atoms with Crippen LogP contribution in [0.4, 0.5) is 0 Å². The molecule has 0 spiro atoms. The molecule has 0 aliphatic carbocycles. The molecule has 116 valence electrons. The third kappa shape index (κ3) is 5.64. The van der Waals surface area contributed by atoms with Crippen molar-refractivity contribution < 1.29 is 4.79 Å². The zero-order valence-corrected chi connectivity index (χ0v) is 15.0. The number of halogens is 1. The van der Waals surface area contributed by atoms with E-state index >= 15 is 0 Å². The summed E-state index contributed by atoms with van der Waals surface area (Å²) < 4.78 is 1.10. The van der Waals surface area contributed by atoms with Crippen molar-refractivity contribution in [3.63, 3.8) is 0 Å². The van der Waals surface area contributed by atoms with Crippen molar-refractivity contribution in [3.05, 3.63) is 28.7 Å². The summed E-state index contributed by atoms with van der Waals surface area (Å²) >= 11 is 5.26. The van der Waals surface area contributed by atoms with Crippen molar-refractivity contribution in [2.75, 3.05) is 38.5 Å².